The Balaban J connectivity index is 2.05. The van der Waals surface area contributed by atoms with Crippen molar-refractivity contribution in [3.05, 3.63) is 59.7 Å². The lowest BCUT2D eigenvalue weighted by atomic mass is 10.2. The lowest BCUT2D eigenvalue weighted by Gasteiger charge is -2.14. The van der Waals surface area contributed by atoms with Gasteiger partial charge in [-0.3, -0.25) is 4.21 Å². The van der Waals surface area contributed by atoms with E-state index in [1.807, 2.05) is 62.4 Å². The fraction of sp³-hybridized carbons (Fsp3) is 0.333. The van der Waals surface area contributed by atoms with E-state index < -0.39 is 10.8 Å². The number of methoxy groups -OCH3 is 1. The molecule has 1 atom stereocenters. The monoisotopic (exact) mass is 318 g/mol. The highest BCUT2D eigenvalue weighted by atomic mass is 32.2. The molecule has 0 bridgehead atoms. The molecule has 0 unspecified atom stereocenters. The summed E-state index contributed by atoms with van der Waals surface area (Å²) >= 11 is 0. The molecule has 22 heavy (non-hydrogen) atoms. The third-order valence-corrected chi connectivity index (χ3v) is 4.40. The average Bonchev–Trinajstić information content (AvgIpc) is 2.49. The summed E-state index contributed by atoms with van der Waals surface area (Å²) in [5.74, 6) is 2.60. The van der Waals surface area contributed by atoms with Crippen molar-refractivity contribution in [1.82, 2.24) is 0 Å². The van der Waals surface area contributed by atoms with Gasteiger partial charge in [-0.1, -0.05) is 30.3 Å². The zero-order chi connectivity index (χ0) is 15.9. The quantitative estimate of drug-likeness (QED) is 0.776. The van der Waals surface area contributed by atoms with Gasteiger partial charge in [0.05, 0.1) is 19.0 Å². The Morgan fingerprint density at radius 2 is 1.82 bits per heavy atom. The van der Waals surface area contributed by atoms with Crippen LogP contribution in [-0.4, -0.2) is 17.4 Å². The van der Waals surface area contributed by atoms with E-state index in [1.165, 1.54) is 0 Å². The second kappa shape index (κ2) is 7.99. The first-order valence-corrected chi connectivity index (χ1v) is 8.79. The van der Waals surface area contributed by atoms with Gasteiger partial charge in [-0.2, -0.15) is 0 Å². The Morgan fingerprint density at radius 3 is 2.55 bits per heavy atom. The van der Waals surface area contributed by atoms with Gasteiger partial charge in [0.25, 0.3) is 0 Å². The molecule has 0 spiro atoms. The SMILES string of the molecule is COc1cccc(C[S@](=O)Cc2ccccc2OC(C)C)c1. The van der Waals surface area contributed by atoms with Gasteiger partial charge in [0.15, 0.2) is 0 Å². The minimum absolute atomic E-state index is 0.105. The van der Waals surface area contributed by atoms with Crippen LogP contribution >= 0.6 is 0 Å². The first kappa shape index (κ1) is 16.6. The number of rotatable bonds is 7. The molecule has 0 N–H and O–H groups in total. The molecule has 3 nitrogen and oxygen atoms in total. The van der Waals surface area contributed by atoms with E-state index in [-0.39, 0.29) is 6.10 Å². The molecule has 0 heterocycles. The third kappa shape index (κ3) is 4.88. The van der Waals surface area contributed by atoms with Gasteiger partial charge < -0.3 is 9.47 Å². The first-order valence-electron chi connectivity index (χ1n) is 7.31. The van der Waals surface area contributed by atoms with Crippen LogP contribution in [0.15, 0.2) is 48.5 Å². The van der Waals surface area contributed by atoms with E-state index in [0.717, 1.165) is 22.6 Å². The van der Waals surface area contributed by atoms with Crippen LogP contribution in [0, 0.1) is 0 Å². The van der Waals surface area contributed by atoms with Crippen molar-refractivity contribution in [2.45, 2.75) is 31.5 Å². The van der Waals surface area contributed by atoms with E-state index in [9.17, 15) is 4.21 Å². The highest BCUT2D eigenvalue weighted by Crippen LogP contribution is 2.22. The molecular weight excluding hydrogens is 296 g/mol. The standard InChI is InChI=1S/C18H22O3S/c1-14(2)21-18-10-5-4-8-16(18)13-22(19)12-15-7-6-9-17(11-15)20-3/h4-11,14H,12-13H2,1-3H3/t22-/m0/s1. The number of para-hydroxylation sites is 1. The predicted molar refractivity (Wildman–Crippen MR) is 90.8 cm³/mol. The normalized spacial score (nSPS) is 12.2. The maximum Gasteiger partial charge on any atom is 0.123 e. The van der Waals surface area contributed by atoms with Gasteiger partial charge >= 0.3 is 0 Å². The molecule has 0 aliphatic rings. The van der Waals surface area contributed by atoms with Crippen molar-refractivity contribution < 1.29 is 13.7 Å². The van der Waals surface area contributed by atoms with Crippen molar-refractivity contribution in [3.63, 3.8) is 0 Å². The molecular formula is C18H22O3S. The van der Waals surface area contributed by atoms with Crippen LogP contribution in [-0.2, 0) is 22.3 Å². The third-order valence-electron chi connectivity index (χ3n) is 3.11. The number of hydrogen-bond acceptors (Lipinski definition) is 3. The molecule has 2 rings (SSSR count). The van der Waals surface area contributed by atoms with Gasteiger partial charge in [0.2, 0.25) is 0 Å². The van der Waals surface area contributed by atoms with Crippen LogP contribution in [0.4, 0.5) is 0 Å². The Bertz CT molecular complexity index is 638. The summed E-state index contributed by atoms with van der Waals surface area (Å²) in [6, 6.07) is 15.5. The Hall–Kier alpha value is -1.81. The zero-order valence-corrected chi connectivity index (χ0v) is 14.1. The maximum absolute atomic E-state index is 12.4. The molecule has 0 aliphatic carbocycles. The van der Waals surface area contributed by atoms with E-state index in [1.54, 1.807) is 7.11 Å². The van der Waals surface area contributed by atoms with Crippen molar-refractivity contribution in [1.29, 1.82) is 0 Å². The second-order valence-corrected chi connectivity index (χ2v) is 6.81. The molecule has 4 heteroatoms. The molecule has 0 fully saturated rings. The first-order chi connectivity index (χ1) is 10.6. The fourth-order valence-corrected chi connectivity index (χ4v) is 3.40. The maximum atomic E-state index is 12.4. The largest absolute Gasteiger partial charge is 0.497 e. The zero-order valence-electron chi connectivity index (χ0n) is 13.2. The predicted octanol–water partition coefficient (Wildman–Crippen LogP) is 3.93. The van der Waals surface area contributed by atoms with Gasteiger partial charge in [-0.25, -0.2) is 0 Å². The number of ether oxygens (including phenoxy) is 2. The minimum Gasteiger partial charge on any atom is -0.497 e. The van der Waals surface area contributed by atoms with Crippen molar-refractivity contribution in [3.8, 4) is 11.5 Å². The molecule has 2 aromatic carbocycles. The molecule has 0 amide bonds. The molecule has 0 saturated heterocycles. The Labute approximate surface area is 134 Å². The van der Waals surface area contributed by atoms with Gasteiger partial charge in [-0.05, 0) is 37.6 Å². The Morgan fingerprint density at radius 1 is 1.05 bits per heavy atom. The van der Waals surface area contributed by atoms with Crippen LogP contribution in [0.3, 0.4) is 0 Å². The molecule has 118 valence electrons. The van der Waals surface area contributed by atoms with E-state index >= 15 is 0 Å². The summed E-state index contributed by atoms with van der Waals surface area (Å²) in [4.78, 5) is 0. The molecule has 0 aliphatic heterocycles. The summed E-state index contributed by atoms with van der Waals surface area (Å²) in [6.07, 6.45) is 0.105. The highest BCUT2D eigenvalue weighted by Gasteiger charge is 2.10. The van der Waals surface area contributed by atoms with Crippen LogP contribution in [0.5, 0.6) is 11.5 Å². The lowest BCUT2D eigenvalue weighted by Crippen LogP contribution is -2.08. The van der Waals surface area contributed by atoms with Crippen molar-refractivity contribution in [2.24, 2.45) is 0 Å². The number of hydrogen-bond donors (Lipinski definition) is 0. The van der Waals surface area contributed by atoms with E-state index in [4.69, 9.17) is 9.47 Å². The van der Waals surface area contributed by atoms with Gasteiger partial charge in [0, 0.05) is 22.1 Å². The summed E-state index contributed by atoms with van der Waals surface area (Å²) in [6.45, 7) is 3.98. The summed E-state index contributed by atoms with van der Waals surface area (Å²) in [5.41, 5.74) is 2.00. The van der Waals surface area contributed by atoms with Crippen LogP contribution in [0.25, 0.3) is 0 Å². The van der Waals surface area contributed by atoms with Crippen LogP contribution in [0.2, 0.25) is 0 Å². The highest BCUT2D eigenvalue weighted by molar-refractivity contribution is 7.83. The average molecular weight is 318 g/mol. The number of benzene rings is 2. The van der Waals surface area contributed by atoms with Gasteiger partial charge in [-0.15, -0.1) is 0 Å². The second-order valence-electron chi connectivity index (χ2n) is 5.35. The van der Waals surface area contributed by atoms with E-state index in [0.29, 0.717) is 11.5 Å². The summed E-state index contributed by atoms with van der Waals surface area (Å²) < 4.78 is 23.4. The Kier molecular flexibility index (Phi) is 6.01. The smallest absolute Gasteiger partial charge is 0.123 e. The minimum atomic E-state index is -0.993. The van der Waals surface area contributed by atoms with Crippen molar-refractivity contribution >= 4 is 10.8 Å². The fourth-order valence-electron chi connectivity index (χ4n) is 2.16. The van der Waals surface area contributed by atoms with Crippen LogP contribution < -0.4 is 9.47 Å². The van der Waals surface area contributed by atoms with E-state index in [2.05, 4.69) is 0 Å². The topological polar surface area (TPSA) is 35.5 Å². The van der Waals surface area contributed by atoms with Crippen LogP contribution in [0.1, 0.15) is 25.0 Å². The molecule has 0 radical (unpaired) electrons. The molecule has 0 aromatic heterocycles. The summed E-state index contributed by atoms with van der Waals surface area (Å²) in [7, 11) is 0.642. The van der Waals surface area contributed by atoms with Gasteiger partial charge in [0.1, 0.15) is 11.5 Å². The lowest BCUT2D eigenvalue weighted by molar-refractivity contribution is 0.240. The van der Waals surface area contributed by atoms with Crippen molar-refractivity contribution in [2.75, 3.05) is 7.11 Å². The molecule has 0 saturated carbocycles. The summed E-state index contributed by atoms with van der Waals surface area (Å²) in [5, 5.41) is 0. The molecule has 2 aromatic rings.